The van der Waals surface area contributed by atoms with Crippen LogP contribution >= 0.6 is 0 Å². The Balaban J connectivity index is 1.57. The van der Waals surface area contributed by atoms with Crippen molar-refractivity contribution in [1.29, 1.82) is 0 Å². The SMILES string of the molecule is C[C@@H](O)[C@H]1C(=O)N2C(C(=O)O)=C(c3ccc4cccc(C[n+]5ccc(N)cc5)c4c3)C[C@H]12. The molecular weight excluding hydrogens is 406 g/mol. The van der Waals surface area contributed by atoms with Crippen molar-refractivity contribution in [2.45, 2.75) is 32.0 Å². The topological polar surface area (TPSA) is 108 Å². The third-order valence-electron chi connectivity index (χ3n) is 6.52. The number of carboxylic acids is 1. The summed E-state index contributed by atoms with van der Waals surface area (Å²) in [6.45, 7) is 2.22. The van der Waals surface area contributed by atoms with Crippen LogP contribution in [0.15, 0.2) is 66.6 Å². The van der Waals surface area contributed by atoms with Crippen molar-refractivity contribution in [3.8, 4) is 0 Å². The molecule has 5 rings (SSSR count). The molecular formula is C25H24N3O4+. The molecule has 2 aliphatic heterocycles. The summed E-state index contributed by atoms with van der Waals surface area (Å²) in [5.74, 6) is -2.00. The average Bonchev–Trinajstić information content (AvgIpc) is 3.10. The van der Waals surface area contributed by atoms with E-state index in [9.17, 15) is 19.8 Å². The van der Waals surface area contributed by atoms with E-state index in [0.717, 1.165) is 21.9 Å². The Labute approximate surface area is 185 Å². The molecule has 3 aromatic rings. The first-order valence-electron chi connectivity index (χ1n) is 10.6. The zero-order valence-corrected chi connectivity index (χ0v) is 17.6. The highest BCUT2D eigenvalue weighted by molar-refractivity contribution is 6.06. The summed E-state index contributed by atoms with van der Waals surface area (Å²) in [7, 11) is 0. The molecule has 1 aromatic heterocycles. The molecule has 1 fully saturated rings. The molecule has 0 unspecified atom stereocenters. The maximum absolute atomic E-state index is 12.5. The number of nitrogen functional groups attached to an aromatic ring is 1. The number of benzene rings is 2. The Morgan fingerprint density at radius 3 is 2.66 bits per heavy atom. The number of carbonyl (C=O) groups is 2. The monoisotopic (exact) mass is 430 g/mol. The van der Waals surface area contributed by atoms with Crippen LogP contribution in [0.25, 0.3) is 16.3 Å². The number of pyridine rings is 1. The molecule has 0 saturated carbocycles. The highest BCUT2D eigenvalue weighted by atomic mass is 16.4. The van der Waals surface area contributed by atoms with Gasteiger partial charge in [0, 0.05) is 23.4 Å². The number of aliphatic carboxylic acids is 1. The number of amides is 1. The Bertz CT molecular complexity index is 1280. The number of aromatic nitrogens is 1. The van der Waals surface area contributed by atoms with E-state index in [2.05, 4.69) is 6.07 Å². The van der Waals surface area contributed by atoms with Gasteiger partial charge in [-0.15, -0.1) is 0 Å². The van der Waals surface area contributed by atoms with Crippen molar-refractivity contribution >= 4 is 33.9 Å². The van der Waals surface area contributed by atoms with Crippen LogP contribution in [-0.4, -0.2) is 39.1 Å². The van der Waals surface area contributed by atoms with Crippen LogP contribution < -0.4 is 10.3 Å². The van der Waals surface area contributed by atoms with Crippen LogP contribution in [0.3, 0.4) is 0 Å². The van der Waals surface area contributed by atoms with Crippen LogP contribution in [0, 0.1) is 5.92 Å². The Morgan fingerprint density at radius 1 is 1.22 bits per heavy atom. The lowest BCUT2D eigenvalue weighted by atomic mass is 9.82. The number of hydrogen-bond acceptors (Lipinski definition) is 4. The van der Waals surface area contributed by atoms with Crippen molar-refractivity contribution in [1.82, 2.24) is 4.90 Å². The molecule has 3 heterocycles. The van der Waals surface area contributed by atoms with E-state index < -0.39 is 18.0 Å². The number of hydrogen-bond donors (Lipinski definition) is 3. The van der Waals surface area contributed by atoms with Crippen LogP contribution in [0.4, 0.5) is 5.69 Å². The first-order valence-corrected chi connectivity index (χ1v) is 10.6. The molecule has 1 amide bonds. The molecule has 2 aliphatic rings. The number of anilines is 1. The van der Waals surface area contributed by atoms with Crippen molar-refractivity contribution in [3.63, 3.8) is 0 Å². The van der Waals surface area contributed by atoms with Crippen molar-refractivity contribution < 1.29 is 24.4 Å². The van der Waals surface area contributed by atoms with Crippen LogP contribution in [0.5, 0.6) is 0 Å². The number of fused-ring (bicyclic) bond motifs is 2. The van der Waals surface area contributed by atoms with Crippen LogP contribution in [-0.2, 0) is 16.1 Å². The minimum Gasteiger partial charge on any atom is -0.477 e. The fourth-order valence-electron chi connectivity index (χ4n) is 4.96. The number of aliphatic hydroxyl groups excluding tert-OH is 1. The molecule has 4 N–H and O–H groups in total. The lowest BCUT2D eigenvalue weighted by Gasteiger charge is -2.44. The molecule has 0 spiro atoms. The van der Waals surface area contributed by atoms with Gasteiger partial charge in [-0.05, 0) is 41.3 Å². The molecule has 0 aliphatic carbocycles. The number of β-lactam (4-membered cyclic amide) rings is 1. The molecule has 0 radical (unpaired) electrons. The summed E-state index contributed by atoms with van der Waals surface area (Å²) < 4.78 is 2.03. The number of carbonyl (C=O) groups excluding carboxylic acids is 1. The highest BCUT2D eigenvalue weighted by Crippen LogP contribution is 2.47. The molecule has 1 saturated heterocycles. The van der Waals surface area contributed by atoms with Gasteiger partial charge in [0.15, 0.2) is 18.9 Å². The third-order valence-corrected chi connectivity index (χ3v) is 6.52. The fraction of sp³-hybridized carbons (Fsp3) is 0.240. The molecule has 32 heavy (non-hydrogen) atoms. The first kappa shape index (κ1) is 20.2. The predicted octanol–water partition coefficient (Wildman–Crippen LogP) is 2.16. The third kappa shape index (κ3) is 3.13. The number of carboxylic acid groups (broad SMARTS) is 1. The Kier molecular flexibility index (Phi) is 4.71. The van der Waals surface area contributed by atoms with Gasteiger partial charge in [-0.25, -0.2) is 9.36 Å². The molecule has 162 valence electrons. The summed E-state index contributed by atoms with van der Waals surface area (Å²) in [5, 5.41) is 21.9. The second kappa shape index (κ2) is 7.46. The van der Waals surface area contributed by atoms with E-state index in [0.29, 0.717) is 24.2 Å². The number of rotatable bonds is 5. The van der Waals surface area contributed by atoms with Gasteiger partial charge in [0.25, 0.3) is 0 Å². The summed E-state index contributed by atoms with van der Waals surface area (Å²) in [4.78, 5) is 25.9. The second-order valence-corrected chi connectivity index (χ2v) is 8.54. The van der Waals surface area contributed by atoms with Gasteiger partial charge < -0.3 is 20.8 Å². The molecule has 7 nitrogen and oxygen atoms in total. The van der Waals surface area contributed by atoms with Crippen LogP contribution in [0.2, 0.25) is 0 Å². The Morgan fingerprint density at radius 2 is 1.97 bits per heavy atom. The normalized spacial score (nSPS) is 20.9. The summed E-state index contributed by atoms with van der Waals surface area (Å²) >= 11 is 0. The molecule has 2 aromatic carbocycles. The lowest BCUT2D eigenvalue weighted by Crippen LogP contribution is -2.61. The summed E-state index contributed by atoms with van der Waals surface area (Å²) in [6, 6.07) is 15.4. The van der Waals surface area contributed by atoms with Gasteiger partial charge in [-0.3, -0.25) is 4.79 Å². The first-order chi connectivity index (χ1) is 15.3. The average molecular weight is 430 g/mol. The smallest absolute Gasteiger partial charge is 0.352 e. The number of nitrogens with two attached hydrogens (primary N) is 1. The maximum atomic E-state index is 12.5. The second-order valence-electron chi connectivity index (χ2n) is 8.54. The standard InChI is InChI=1S/C25H23N3O4/c1-14(29)22-21-12-20(23(25(31)32)28(21)24(22)30)16-6-5-15-3-2-4-17(19(15)11-16)13-27-9-7-18(26)8-10-27/h2-11,14,21-22,26,29H,12-13H2,1H3,(H,31,32)/p+1/t14-,21-,22-/m1/s1. The van der Waals surface area contributed by atoms with Crippen molar-refractivity contribution in [2.24, 2.45) is 5.92 Å². The Hall–Kier alpha value is -3.71. The molecule has 3 atom stereocenters. The lowest BCUT2D eigenvalue weighted by molar-refractivity contribution is -0.688. The zero-order valence-electron chi connectivity index (χ0n) is 17.6. The number of nitrogens with zero attached hydrogens (tertiary/aromatic N) is 2. The van der Waals surface area contributed by atoms with Gasteiger partial charge in [0.05, 0.1) is 18.1 Å². The molecule has 0 bridgehead atoms. The highest BCUT2D eigenvalue weighted by Gasteiger charge is 2.56. The predicted molar refractivity (Wildman–Crippen MR) is 119 cm³/mol. The summed E-state index contributed by atoms with van der Waals surface area (Å²) in [6.07, 6.45) is 3.46. The van der Waals surface area contributed by atoms with Gasteiger partial charge >= 0.3 is 5.97 Å². The molecule has 7 heteroatoms. The fourth-order valence-corrected chi connectivity index (χ4v) is 4.96. The summed E-state index contributed by atoms with van der Waals surface area (Å²) in [5.41, 5.74) is 9.04. The quantitative estimate of drug-likeness (QED) is 0.425. The van der Waals surface area contributed by atoms with E-state index in [-0.39, 0.29) is 17.6 Å². The minimum atomic E-state index is -1.12. The van der Waals surface area contributed by atoms with E-state index in [4.69, 9.17) is 5.73 Å². The van der Waals surface area contributed by atoms with E-state index in [1.54, 1.807) is 6.92 Å². The van der Waals surface area contributed by atoms with Gasteiger partial charge in [-0.1, -0.05) is 30.3 Å². The van der Waals surface area contributed by atoms with Gasteiger partial charge in [0.1, 0.15) is 5.70 Å². The van der Waals surface area contributed by atoms with Crippen LogP contribution in [0.1, 0.15) is 24.5 Å². The van der Waals surface area contributed by atoms with Crippen molar-refractivity contribution in [3.05, 3.63) is 77.7 Å². The van der Waals surface area contributed by atoms with Crippen molar-refractivity contribution in [2.75, 3.05) is 5.73 Å². The largest absolute Gasteiger partial charge is 0.477 e. The minimum absolute atomic E-state index is 0.0293. The zero-order chi connectivity index (χ0) is 22.6. The maximum Gasteiger partial charge on any atom is 0.352 e. The van der Waals surface area contributed by atoms with E-state index in [1.807, 2.05) is 59.4 Å². The van der Waals surface area contributed by atoms with Gasteiger partial charge in [0.2, 0.25) is 5.91 Å². The number of aliphatic hydroxyl groups is 1. The van der Waals surface area contributed by atoms with Gasteiger partial charge in [-0.2, -0.15) is 0 Å². The van der Waals surface area contributed by atoms with E-state index in [1.165, 1.54) is 4.90 Å². The van der Waals surface area contributed by atoms with E-state index >= 15 is 0 Å².